The molecule has 2 N–H and O–H groups in total. The molecular formula is C22H26F3NO4. The van der Waals surface area contributed by atoms with Gasteiger partial charge in [0.05, 0.1) is 19.8 Å². The SMILES string of the molecule is COC(=O)CC[C@@H]([C@@H](O)C(F)(F)F)N(Cc1ccccc1)[C@@H](CO)c1ccccc1. The van der Waals surface area contributed by atoms with E-state index in [4.69, 9.17) is 0 Å². The summed E-state index contributed by atoms with van der Waals surface area (Å²) >= 11 is 0. The molecule has 0 aliphatic heterocycles. The first kappa shape index (κ1) is 23.9. The van der Waals surface area contributed by atoms with E-state index in [9.17, 15) is 28.2 Å². The van der Waals surface area contributed by atoms with Crippen molar-refractivity contribution in [1.82, 2.24) is 4.90 Å². The third-order valence-corrected chi connectivity index (χ3v) is 4.96. The summed E-state index contributed by atoms with van der Waals surface area (Å²) in [5.41, 5.74) is 1.32. The van der Waals surface area contributed by atoms with Crippen LogP contribution in [0.2, 0.25) is 0 Å². The fourth-order valence-corrected chi connectivity index (χ4v) is 3.42. The van der Waals surface area contributed by atoms with E-state index in [1.165, 1.54) is 4.90 Å². The molecule has 164 valence electrons. The highest BCUT2D eigenvalue weighted by molar-refractivity contribution is 5.69. The van der Waals surface area contributed by atoms with E-state index in [-0.39, 0.29) is 19.4 Å². The van der Waals surface area contributed by atoms with Gasteiger partial charge in [-0.2, -0.15) is 13.2 Å². The molecule has 0 unspecified atom stereocenters. The Bertz CT molecular complexity index is 771. The number of carbonyl (C=O) groups is 1. The molecular weight excluding hydrogens is 399 g/mol. The van der Waals surface area contributed by atoms with Crippen LogP contribution in [0, 0.1) is 0 Å². The molecule has 30 heavy (non-hydrogen) atoms. The summed E-state index contributed by atoms with van der Waals surface area (Å²) < 4.78 is 45.1. The number of carbonyl (C=O) groups excluding carboxylic acids is 1. The normalized spacial score (nSPS) is 14.9. The third kappa shape index (κ3) is 6.55. The molecule has 2 aromatic carbocycles. The van der Waals surface area contributed by atoms with Crippen molar-refractivity contribution in [2.24, 2.45) is 0 Å². The third-order valence-electron chi connectivity index (χ3n) is 4.96. The Labute approximate surface area is 173 Å². The second kappa shape index (κ2) is 11.1. The second-order valence-electron chi connectivity index (χ2n) is 6.94. The largest absolute Gasteiger partial charge is 0.469 e. The van der Waals surface area contributed by atoms with E-state index >= 15 is 0 Å². The van der Waals surface area contributed by atoms with E-state index < -0.39 is 36.9 Å². The number of nitrogens with zero attached hydrogens (tertiary/aromatic N) is 1. The van der Waals surface area contributed by atoms with Gasteiger partial charge in [0.25, 0.3) is 0 Å². The lowest BCUT2D eigenvalue weighted by molar-refractivity contribution is -0.226. The lowest BCUT2D eigenvalue weighted by Gasteiger charge is -2.40. The van der Waals surface area contributed by atoms with Crippen LogP contribution in [0.4, 0.5) is 13.2 Å². The fraction of sp³-hybridized carbons (Fsp3) is 0.409. The molecule has 0 amide bonds. The summed E-state index contributed by atoms with van der Waals surface area (Å²) in [5, 5.41) is 20.3. The summed E-state index contributed by atoms with van der Waals surface area (Å²) in [6, 6.07) is 15.1. The Balaban J connectivity index is 2.48. The number of methoxy groups -OCH3 is 1. The number of hydrogen-bond acceptors (Lipinski definition) is 5. The maximum absolute atomic E-state index is 13.5. The van der Waals surface area contributed by atoms with Gasteiger partial charge in [0.1, 0.15) is 0 Å². The molecule has 0 saturated carbocycles. The van der Waals surface area contributed by atoms with Gasteiger partial charge < -0.3 is 14.9 Å². The van der Waals surface area contributed by atoms with Crippen molar-refractivity contribution in [1.29, 1.82) is 0 Å². The fourth-order valence-electron chi connectivity index (χ4n) is 3.42. The van der Waals surface area contributed by atoms with Crippen LogP contribution in [0.5, 0.6) is 0 Å². The van der Waals surface area contributed by atoms with Crippen LogP contribution >= 0.6 is 0 Å². The Morgan fingerprint density at radius 1 is 1.07 bits per heavy atom. The van der Waals surface area contributed by atoms with Gasteiger partial charge in [0.2, 0.25) is 0 Å². The number of aliphatic hydroxyl groups excluding tert-OH is 2. The van der Waals surface area contributed by atoms with Crippen molar-refractivity contribution in [3.8, 4) is 0 Å². The molecule has 0 spiro atoms. The topological polar surface area (TPSA) is 70.0 Å². The Morgan fingerprint density at radius 2 is 1.63 bits per heavy atom. The van der Waals surface area contributed by atoms with Crippen LogP contribution in [-0.2, 0) is 16.1 Å². The zero-order valence-electron chi connectivity index (χ0n) is 16.6. The smallest absolute Gasteiger partial charge is 0.415 e. The standard InChI is InChI=1S/C22H26F3NO4/c1-30-20(28)13-12-18(21(29)22(23,24)25)26(14-16-8-4-2-5-9-16)19(15-27)17-10-6-3-7-11-17/h2-11,18-19,21,27,29H,12-15H2,1H3/t18-,19-,21+/m0/s1. The van der Waals surface area contributed by atoms with Gasteiger partial charge in [-0.05, 0) is 17.5 Å². The Morgan fingerprint density at radius 3 is 2.13 bits per heavy atom. The van der Waals surface area contributed by atoms with Gasteiger partial charge in [-0.1, -0.05) is 60.7 Å². The van der Waals surface area contributed by atoms with Crippen LogP contribution in [0.15, 0.2) is 60.7 Å². The van der Waals surface area contributed by atoms with Gasteiger partial charge in [-0.15, -0.1) is 0 Å². The zero-order valence-corrected chi connectivity index (χ0v) is 16.6. The van der Waals surface area contributed by atoms with E-state index in [2.05, 4.69) is 4.74 Å². The van der Waals surface area contributed by atoms with Gasteiger partial charge in [0, 0.05) is 19.0 Å². The molecule has 0 saturated heterocycles. The molecule has 2 rings (SSSR count). The maximum atomic E-state index is 13.5. The van der Waals surface area contributed by atoms with Crippen LogP contribution in [0.25, 0.3) is 0 Å². The Kier molecular flexibility index (Phi) is 8.83. The minimum Gasteiger partial charge on any atom is -0.469 e. The molecule has 0 fully saturated rings. The average molecular weight is 425 g/mol. The van der Waals surface area contributed by atoms with E-state index in [1.54, 1.807) is 60.7 Å². The number of ether oxygens (including phenoxy) is 1. The molecule has 2 aromatic rings. The van der Waals surface area contributed by atoms with Gasteiger partial charge in [0.15, 0.2) is 6.10 Å². The first-order valence-electron chi connectivity index (χ1n) is 9.55. The second-order valence-corrected chi connectivity index (χ2v) is 6.94. The van der Waals surface area contributed by atoms with E-state index in [1.807, 2.05) is 0 Å². The number of alkyl halides is 3. The number of aliphatic hydroxyl groups is 2. The lowest BCUT2D eigenvalue weighted by atomic mass is 9.96. The van der Waals surface area contributed by atoms with Gasteiger partial charge in [-0.25, -0.2) is 0 Å². The van der Waals surface area contributed by atoms with Crippen molar-refractivity contribution in [3.05, 3.63) is 71.8 Å². The predicted octanol–water partition coefficient (Wildman–Crippen LogP) is 3.47. The number of esters is 1. The molecule has 0 aliphatic carbocycles. The number of rotatable bonds is 10. The van der Waals surface area contributed by atoms with Crippen molar-refractivity contribution >= 4 is 5.97 Å². The van der Waals surface area contributed by atoms with Crippen LogP contribution in [0.1, 0.15) is 30.0 Å². The molecule has 0 heterocycles. The summed E-state index contributed by atoms with van der Waals surface area (Å²) in [5.74, 6) is -0.672. The first-order valence-corrected chi connectivity index (χ1v) is 9.55. The summed E-state index contributed by atoms with van der Waals surface area (Å²) in [7, 11) is 1.15. The first-order chi connectivity index (χ1) is 14.3. The highest BCUT2D eigenvalue weighted by Crippen LogP contribution is 2.33. The van der Waals surface area contributed by atoms with E-state index in [0.717, 1.165) is 7.11 Å². The quantitative estimate of drug-likeness (QED) is 0.571. The maximum Gasteiger partial charge on any atom is 0.415 e. The monoisotopic (exact) mass is 425 g/mol. The molecule has 0 aromatic heterocycles. The Hall–Kier alpha value is -2.42. The minimum absolute atomic E-state index is 0.0416. The van der Waals surface area contributed by atoms with Gasteiger partial charge >= 0.3 is 12.1 Å². The van der Waals surface area contributed by atoms with Crippen LogP contribution in [0.3, 0.4) is 0 Å². The molecule has 5 nitrogen and oxygen atoms in total. The van der Waals surface area contributed by atoms with Crippen molar-refractivity contribution in [2.45, 2.75) is 43.8 Å². The minimum atomic E-state index is -4.90. The zero-order chi connectivity index (χ0) is 22.1. The molecule has 3 atom stereocenters. The van der Waals surface area contributed by atoms with Crippen molar-refractivity contribution in [3.63, 3.8) is 0 Å². The summed E-state index contributed by atoms with van der Waals surface area (Å²) in [6.45, 7) is -0.421. The molecule has 0 bridgehead atoms. The van der Waals surface area contributed by atoms with E-state index in [0.29, 0.717) is 11.1 Å². The van der Waals surface area contributed by atoms with Crippen LogP contribution < -0.4 is 0 Å². The predicted molar refractivity (Wildman–Crippen MR) is 105 cm³/mol. The van der Waals surface area contributed by atoms with Crippen molar-refractivity contribution < 1.29 is 32.9 Å². The highest BCUT2D eigenvalue weighted by Gasteiger charge is 2.47. The molecule has 0 aliphatic rings. The number of benzene rings is 2. The molecule has 0 radical (unpaired) electrons. The number of hydrogen-bond donors (Lipinski definition) is 2. The average Bonchev–Trinajstić information content (AvgIpc) is 2.74. The summed E-state index contributed by atoms with van der Waals surface area (Å²) in [4.78, 5) is 13.0. The summed E-state index contributed by atoms with van der Waals surface area (Å²) in [6.07, 6.45) is -8.19. The lowest BCUT2D eigenvalue weighted by Crippen LogP contribution is -2.51. The number of halogens is 3. The van der Waals surface area contributed by atoms with Gasteiger partial charge in [-0.3, -0.25) is 9.69 Å². The highest BCUT2D eigenvalue weighted by atomic mass is 19.4. The molecule has 8 heteroatoms. The van der Waals surface area contributed by atoms with Crippen LogP contribution in [-0.4, -0.2) is 53.1 Å². The van der Waals surface area contributed by atoms with Crippen molar-refractivity contribution in [2.75, 3.05) is 13.7 Å².